The number of nitrogens with zero attached hydrogens (tertiary/aromatic N) is 2. The predicted molar refractivity (Wildman–Crippen MR) is 101 cm³/mol. The number of nitrogens with one attached hydrogen (secondary N) is 2. The highest BCUT2D eigenvalue weighted by atomic mass is 35.5. The number of carbonyl (C=O) groups excluding carboxylic acids is 1. The van der Waals surface area contributed by atoms with E-state index in [-0.39, 0.29) is 30.3 Å². The molecule has 1 aliphatic rings. The first-order valence-electron chi connectivity index (χ1n) is 8.21. The molecule has 4 rings (SSSR count). The second kappa shape index (κ2) is 7.25. The third kappa shape index (κ3) is 3.25. The standard InChI is InChI=1S/C19H20N4O.ClH/c1-23-16-10-6-5-9-15(16)21-18(23)17(13-7-3-2-4-8-13)22-19(24)14-11-20-12-14;/h2-10,14,17,20H,11-12H2,1H3,(H,22,24);1H. The van der Waals surface area contributed by atoms with Gasteiger partial charge >= 0.3 is 0 Å². The average molecular weight is 357 g/mol. The zero-order valence-corrected chi connectivity index (χ0v) is 14.8. The maximum atomic E-state index is 12.5. The van der Waals surface area contributed by atoms with Gasteiger partial charge in [-0.3, -0.25) is 4.79 Å². The van der Waals surface area contributed by atoms with E-state index >= 15 is 0 Å². The van der Waals surface area contributed by atoms with Gasteiger partial charge in [-0.1, -0.05) is 42.5 Å². The predicted octanol–water partition coefficient (Wildman–Crippen LogP) is 2.42. The highest BCUT2D eigenvalue weighted by Crippen LogP contribution is 2.25. The average Bonchev–Trinajstić information content (AvgIpc) is 2.89. The van der Waals surface area contributed by atoms with Crippen molar-refractivity contribution in [3.8, 4) is 0 Å². The molecule has 25 heavy (non-hydrogen) atoms. The Kier molecular flexibility index (Phi) is 5.06. The lowest BCUT2D eigenvalue weighted by Crippen LogP contribution is -2.51. The number of hydrogen-bond acceptors (Lipinski definition) is 3. The summed E-state index contributed by atoms with van der Waals surface area (Å²) in [7, 11) is 2.00. The Hall–Kier alpha value is -2.37. The molecule has 0 radical (unpaired) electrons. The van der Waals surface area contributed by atoms with Crippen LogP contribution in [-0.4, -0.2) is 28.5 Å². The van der Waals surface area contributed by atoms with Crippen LogP contribution in [0, 0.1) is 5.92 Å². The summed E-state index contributed by atoms with van der Waals surface area (Å²) in [5, 5.41) is 6.34. The lowest BCUT2D eigenvalue weighted by Gasteiger charge is -2.28. The normalized spacial score (nSPS) is 15.2. The number of aryl methyl sites for hydroxylation is 1. The molecule has 130 valence electrons. The van der Waals surface area contributed by atoms with E-state index in [1.54, 1.807) is 0 Å². The van der Waals surface area contributed by atoms with Gasteiger partial charge in [-0.15, -0.1) is 12.4 Å². The molecule has 0 aliphatic carbocycles. The zero-order valence-electron chi connectivity index (χ0n) is 14.0. The molecule has 6 heteroatoms. The molecule has 1 saturated heterocycles. The van der Waals surface area contributed by atoms with Crippen molar-refractivity contribution < 1.29 is 4.79 Å². The van der Waals surface area contributed by atoms with Crippen LogP contribution in [0.5, 0.6) is 0 Å². The van der Waals surface area contributed by atoms with Gasteiger partial charge < -0.3 is 15.2 Å². The molecule has 1 aromatic heterocycles. The monoisotopic (exact) mass is 356 g/mol. The fraction of sp³-hybridized carbons (Fsp3) is 0.263. The number of imidazole rings is 1. The van der Waals surface area contributed by atoms with Gasteiger partial charge in [0.05, 0.1) is 17.0 Å². The Morgan fingerprint density at radius 3 is 2.48 bits per heavy atom. The SMILES string of the molecule is Cl.Cn1c(C(NC(=O)C2CNC2)c2ccccc2)nc2ccccc21. The van der Waals surface area contributed by atoms with Gasteiger partial charge in [0, 0.05) is 20.1 Å². The highest BCUT2D eigenvalue weighted by molar-refractivity contribution is 5.85. The van der Waals surface area contributed by atoms with E-state index in [0.717, 1.165) is 35.5 Å². The second-order valence-electron chi connectivity index (χ2n) is 6.23. The van der Waals surface area contributed by atoms with E-state index in [2.05, 4.69) is 15.2 Å². The van der Waals surface area contributed by atoms with Crippen LogP contribution >= 0.6 is 12.4 Å². The Balaban J connectivity index is 0.00000182. The van der Waals surface area contributed by atoms with E-state index in [0.29, 0.717) is 0 Å². The Morgan fingerprint density at radius 1 is 1.16 bits per heavy atom. The summed E-state index contributed by atoms with van der Waals surface area (Å²) in [6.07, 6.45) is 0. The minimum atomic E-state index is -0.253. The number of benzene rings is 2. The first kappa shape index (κ1) is 17.5. The minimum absolute atomic E-state index is 0. The number of para-hydroxylation sites is 2. The number of fused-ring (bicyclic) bond motifs is 1. The number of hydrogen-bond donors (Lipinski definition) is 2. The van der Waals surface area contributed by atoms with E-state index in [1.165, 1.54) is 0 Å². The molecule has 0 saturated carbocycles. The van der Waals surface area contributed by atoms with E-state index in [9.17, 15) is 4.79 Å². The number of carbonyl (C=O) groups is 1. The van der Waals surface area contributed by atoms with Crippen LogP contribution < -0.4 is 10.6 Å². The maximum absolute atomic E-state index is 12.5. The second-order valence-corrected chi connectivity index (χ2v) is 6.23. The van der Waals surface area contributed by atoms with E-state index in [4.69, 9.17) is 4.98 Å². The number of rotatable bonds is 4. The third-order valence-electron chi connectivity index (χ3n) is 4.65. The molecule has 2 heterocycles. The van der Waals surface area contributed by atoms with Crippen LogP contribution in [0.2, 0.25) is 0 Å². The molecule has 1 atom stereocenters. The molecular formula is C19H21ClN4O. The summed E-state index contributed by atoms with van der Waals surface area (Å²) >= 11 is 0. The molecule has 1 unspecified atom stereocenters. The molecule has 1 fully saturated rings. The van der Waals surface area contributed by atoms with Crippen molar-refractivity contribution in [3.63, 3.8) is 0 Å². The van der Waals surface area contributed by atoms with Crippen molar-refractivity contribution in [1.82, 2.24) is 20.2 Å². The first-order chi connectivity index (χ1) is 11.7. The summed E-state index contributed by atoms with van der Waals surface area (Å²) in [6, 6.07) is 17.8. The van der Waals surface area contributed by atoms with Crippen molar-refractivity contribution in [2.24, 2.45) is 13.0 Å². The molecular weight excluding hydrogens is 336 g/mol. The lowest BCUT2D eigenvalue weighted by atomic mass is 10.00. The van der Waals surface area contributed by atoms with Crippen molar-refractivity contribution in [1.29, 1.82) is 0 Å². The summed E-state index contributed by atoms with van der Waals surface area (Å²) in [5.74, 6) is 0.976. The molecule has 0 spiro atoms. The summed E-state index contributed by atoms with van der Waals surface area (Å²) < 4.78 is 2.06. The molecule has 3 aromatic rings. The van der Waals surface area contributed by atoms with Gasteiger partial charge in [-0.25, -0.2) is 4.98 Å². The van der Waals surface area contributed by atoms with Gasteiger partial charge in [0.1, 0.15) is 11.9 Å². The molecule has 0 bridgehead atoms. The minimum Gasteiger partial charge on any atom is -0.342 e. The fourth-order valence-corrected chi connectivity index (χ4v) is 3.10. The highest BCUT2D eigenvalue weighted by Gasteiger charge is 2.29. The zero-order chi connectivity index (χ0) is 16.5. The fourth-order valence-electron chi connectivity index (χ4n) is 3.10. The quantitative estimate of drug-likeness (QED) is 0.754. The largest absolute Gasteiger partial charge is 0.342 e. The van der Waals surface area contributed by atoms with Crippen LogP contribution in [0.1, 0.15) is 17.4 Å². The maximum Gasteiger partial charge on any atom is 0.226 e. The summed E-state index contributed by atoms with van der Waals surface area (Å²) in [6.45, 7) is 1.49. The van der Waals surface area contributed by atoms with Crippen LogP contribution in [-0.2, 0) is 11.8 Å². The van der Waals surface area contributed by atoms with Gasteiger partial charge in [-0.2, -0.15) is 0 Å². The Bertz CT molecular complexity index is 874. The van der Waals surface area contributed by atoms with Gasteiger partial charge in [0.25, 0.3) is 0 Å². The molecule has 1 aliphatic heterocycles. The van der Waals surface area contributed by atoms with E-state index < -0.39 is 0 Å². The van der Waals surface area contributed by atoms with Crippen molar-refractivity contribution >= 4 is 29.3 Å². The van der Waals surface area contributed by atoms with E-state index in [1.807, 2.05) is 61.6 Å². The molecule has 5 nitrogen and oxygen atoms in total. The van der Waals surface area contributed by atoms with Crippen LogP contribution in [0.25, 0.3) is 11.0 Å². The van der Waals surface area contributed by atoms with Crippen molar-refractivity contribution in [2.75, 3.05) is 13.1 Å². The van der Waals surface area contributed by atoms with Crippen LogP contribution in [0.15, 0.2) is 54.6 Å². The van der Waals surface area contributed by atoms with Crippen LogP contribution in [0.4, 0.5) is 0 Å². The van der Waals surface area contributed by atoms with Gasteiger partial charge in [0.15, 0.2) is 0 Å². The number of halogens is 1. The van der Waals surface area contributed by atoms with Crippen molar-refractivity contribution in [2.45, 2.75) is 6.04 Å². The summed E-state index contributed by atoms with van der Waals surface area (Å²) in [4.78, 5) is 17.3. The topological polar surface area (TPSA) is 59.0 Å². The van der Waals surface area contributed by atoms with Crippen LogP contribution in [0.3, 0.4) is 0 Å². The third-order valence-corrected chi connectivity index (χ3v) is 4.65. The molecule has 2 N–H and O–H groups in total. The molecule has 1 amide bonds. The summed E-state index contributed by atoms with van der Waals surface area (Å²) in [5.41, 5.74) is 3.04. The Morgan fingerprint density at radius 2 is 1.84 bits per heavy atom. The Labute approximate surface area is 152 Å². The molecule has 2 aromatic carbocycles. The number of aromatic nitrogens is 2. The van der Waals surface area contributed by atoms with Gasteiger partial charge in [0.2, 0.25) is 5.91 Å². The smallest absolute Gasteiger partial charge is 0.226 e. The van der Waals surface area contributed by atoms with Crippen molar-refractivity contribution in [3.05, 3.63) is 66.0 Å². The van der Waals surface area contributed by atoms with Gasteiger partial charge in [-0.05, 0) is 17.7 Å². The number of amides is 1. The lowest BCUT2D eigenvalue weighted by molar-refractivity contribution is -0.127. The first-order valence-corrected chi connectivity index (χ1v) is 8.21.